The van der Waals surface area contributed by atoms with Gasteiger partial charge in [-0.3, -0.25) is 4.79 Å². The van der Waals surface area contributed by atoms with Gasteiger partial charge in [0.1, 0.15) is 6.07 Å². The Morgan fingerprint density at radius 3 is 2.48 bits per heavy atom. The molecular formula is C23H21N3O3. The molecule has 0 radical (unpaired) electrons. The first-order chi connectivity index (χ1) is 14.0. The third-order valence-corrected chi connectivity index (χ3v) is 4.63. The fraction of sp³-hybridized carbons (Fsp3) is 0.174. The molecule has 0 aliphatic carbocycles. The molecule has 0 unspecified atom stereocenters. The summed E-state index contributed by atoms with van der Waals surface area (Å²) >= 11 is 0. The second-order valence-corrected chi connectivity index (χ2v) is 6.64. The highest BCUT2D eigenvalue weighted by atomic mass is 16.5. The molecule has 0 saturated carbocycles. The average Bonchev–Trinajstić information content (AvgIpc) is 3.01. The van der Waals surface area contributed by atoms with Crippen LogP contribution in [0.4, 0.5) is 5.69 Å². The SMILES string of the molecule is Cc1cc(C(=O)OCC(=O)Nc2ccccc2C#N)c(C)n1Cc1ccccc1. The molecule has 1 aromatic heterocycles. The van der Waals surface area contributed by atoms with Crippen LogP contribution in [-0.4, -0.2) is 23.1 Å². The topological polar surface area (TPSA) is 84.1 Å². The van der Waals surface area contributed by atoms with Gasteiger partial charge in [0, 0.05) is 17.9 Å². The monoisotopic (exact) mass is 387 g/mol. The molecule has 29 heavy (non-hydrogen) atoms. The van der Waals surface area contributed by atoms with Crippen LogP contribution in [0.3, 0.4) is 0 Å². The molecule has 146 valence electrons. The highest BCUT2D eigenvalue weighted by Gasteiger charge is 2.18. The molecule has 0 aliphatic rings. The van der Waals surface area contributed by atoms with Crippen molar-refractivity contribution in [1.82, 2.24) is 4.57 Å². The summed E-state index contributed by atoms with van der Waals surface area (Å²) in [5.74, 6) is -1.06. The Morgan fingerprint density at radius 1 is 1.07 bits per heavy atom. The molecule has 0 spiro atoms. The molecule has 0 bridgehead atoms. The van der Waals surface area contributed by atoms with E-state index in [9.17, 15) is 9.59 Å². The molecule has 0 atom stereocenters. The van der Waals surface area contributed by atoms with Crippen molar-refractivity contribution in [3.63, 3.8) is 0 Å². The number of para-hydroxylation sites is 1. The minimum atomic E-state index is -0.555. The van der Waals surface area contributed by atoms with Gasteiger partial charge in [-0.05, 0) is 37.6 Å². The molecule has 1 heterocycles. The fourth-order valence-electron chi connectivity index (χ4n) is 3.10. The van der Waals surface area contributed by atoms with Gasteiger partial charge in [-0.1, -0.05) is 42.5 Å². The first-order valence-electron chi connectivity index (χ1n) is 9.16. The Morgan fingerprint density at radius 2 is 1.76 bits per heavy atom. The maximum Gasteiger partial charge on any atom is 0.340 e. The fourth-order valence-corrected chi connectivity index (χ4v) is 3.10. The summed E-state index contributed by atoms with van der Waals surface area (Å²) < 4.78 is 7.22. The summed E-state index contributed by atoms with van der Waals surface area (Å²) in [6.07, 6.45) is 0. The van der Waals surface area contributed by atoms with E-state index in [0.29, 0.717) is 23.4 Å². The number of hydrogen-bond donors (Lipinski definition) is 1. The molecule has 1 amide bonds. The number of aryl methyl sites for hydroxylation is 1. The summed E-state index contributed by atoms with van der Waals surface area (Å²) in [7, 11) is 0. The van der Waals surface area contributed by atoms with Crippen molar-refractivity contribution in [2.24, 2.45) is 0 Å². The van der Waals surface area contributed by atoms with Gasteiger partial charge in [0.05, 0.1) is 16.8 Å². The zero-order valence-corrected chi connectivity index (χ0v) is 16.3. The summed E-state index contributed by atoms with van der Waals surface area (Å²) in [5.41, 5.74) is 4.01. The number of carbonyl (C=O) groups excluding carboxylic acids is 2. The number of aromatic nitrogens is 1. The Hall–Kier alpha value is -3.85. The normalized spacial score (nSPS) is 10.2. The molecular weight excluding hydrogens is 366 g/mol. The molecule has 1 N–H and O–H groups in total. The van der Waals surface area contributed by atoms with E-state index in [1.165, 1.54) is 0 Å². The van der Waals surface area contributed by atoms with Crippen LogP contribution < -0.4 is 5.32 Å². The number of anilines is 1. The molecule has 0 fully saturated rings. The van der Waals surface area contributed by atoms with E-state index in [4.69, 9.17) is 10.00 Å². The van der Waals surface area contributed by atoms with Crippen molar-refractivity contribution in [3.05, 3.63) is 88.7 Å². The summed E-state index contributed by atoms with van der Waals surface area (Å²) in [6, 6.07) is 20.4. The van der Waals surface area contributed by atoms with Crippen LogP contribution in [-0.2, 0) is 16.1 Å². The third kappa shape index (κ3) is 4.71. The largest absolute Gasteiger partial charge is 0.452 e. The second kappa shape index (κ2) is 8.89. The quantitative estimate of drug-likeness (QED) is 0.652. The zero-order valence-electron chi connectivity index (χ0n) is 16.3. The van der Waals surface area contributed by atoms with E-state index in [2.05, 4.69) is 5.32 Å². The summed E-state index contributed by atoms with van der Waals surface area (Å²) in [4.78, 5) is 24.6. The number of nitrogens with one attached hydrogen (secondary N) is 1. The van der Waals surface area contributed by atoms with Crippen LogP contribution >= 0.6 is 0 Å². The molecule has 6 heteroatoms. The maximum absolute atomic E-state index is 12.5. The highest BCUT2D eigenvalue weighted by molar-refractivity contribution is 5.96. The molecule has 0 saturated heterocycles. The van der Waals surface area contributed by atoms with Crippen LogP contribution in [0.5, 0.6) is 0 Å². The van der Waals surface area contributed by atoms with Crippen molar-refractivity contribution in [2.45, 2.75) is 20.4 Å². The van der Waals surface area contributed by atoms with E-state index in [1.54, 1.807) is 30.3 Å². The standard InChI is InChI=1S/C23H21N3O3/c1-16-12-20(17(2)26(16)14-18-8-4-3-5-9-18)23(28)29-15-22(27)25-21-11-7-6-10-19(21)13-24/h3-12H,14-15H2,1-2H3,(H,25,27). The van der Waals surface area contributed by atoms with Crippen molar-refractivity contribution in [2.75, 3.05) is 11.9 Å². The number of benzene rings is 2. The van der Waals surface area contributed by atoms with Gasteiger partial charge in [0.25, 0.3) is 5.91 Å². The molecule has 2 aromatic carbocycles. The Kier molecular flexibility index (Phi) is 6.10. The number of amides is 1. The number of esters is 1. The van der Waals surface area contributed by atoms with Gasteiger partial charge in [0.15, 0.2) is 6.61 Å². The average molecular weight is 387 g/mol. The zero-order chi connectivity index (χ0) is 20.8. The lowest BCUT2D eigenvalue weighted by Gasteiger charge is -2.10. The van der Waals surface area contributed by atoms with Gasteiger partial charge in [-0.25, -0.2) is 4.79 Å². The first-order valence-corrected chi connectivity index (χ1v) is 9.16. The first kappa shape index (κ1) is 19.9. The van der Waals surface area contributed by atoms with E-state index in [1.807, 2.05) is 54.8 Å². The van der Waals surface area contributed by atoms with Crippen LogP contribution in [0.2, 0.25) is 0 Å². The van der Waals surface area contributed by atoms with Crippen LogP contribution in [0, 0.1) is 25.2 Å². The van der Waals surface area contributed by atoms with Gasteiger partial charge in [-0.15, -0.1) is 0 Å². The van der Waals surface area contributed by atoms with Gasteiger partial charge < -0.3 is 14.6 Å². The maximum atomic E-state index is 12.5. The van der Waals surface area contributed by atoms with Crippen molar-refractivity contribution in [1.29, 1.82) is 5.26 Å². The summed E-state index contributed by atoms with van der Waals surface area (Å²) in [6.45, 7) is 4.01. The van der Waals surface area contributed by atoms with E-state index in [0.717, 1.165) is 17.0 Å². The lowest BCUT2D eigenvalue weighted by atomic mass is 10.2. The van der Waals surface area contributed by atoms with Crippen molar-refractivity contribution < 1.29 is 14.3 Å². The number of ether oxygens (including phenoxy) is 1. The minimum Gasteiger partial charge on any atom is -0.452 e. The Labute approximate surface area is 169 Å². The molecule has 3 aromatic rings. The van der Waals surface area contributed by atoms with E-state index in [-0.39, 0.29) is 0 Å². The number of carbonyl (C=O) groups is 2. The highest BCUT2D eigenvalue weighted by Crippen LogP contribution is 2.18. The van der Waals surface area contributed by atoms with Crippen molar-refractivity contribution >= 4 is 17.6 Å². The Balaban J connectivity index is 1.64. The molecule has 6 nitrogen and oxygen atoms in total. The third-order valence-electron chi connectivity index (χ3n) is 4.63. The van der Waals surface area contributed by atoms with E-state index < -0.39 is 18.5 Å². The lowest BCUT2D eigenvalue weighted by Crippen LogP contribution is -2.21. The minimum absolute atomic E-state index is 0.344. The smallest absolute Gasteiger partial charge is 0.340 e. The number of nitrogens with zero attached hydrogens (tertiary/aromatic N) is 2. The number of nitriles is 1. The Bertz CT molecular complexity index is 1080. The number of rotatable bonds is 6. The van der Waals surface area contributed by atoms with Gasteiger partial charge >= 0.3 is 5.97 Å². The predicted octanol–water partition coefficient (Wildman–Crippen LogP) is 3.82. The molecule has 0 aliphatic heterocycles. The lowest BCUT2D eigenvalue weighted by molar-refractivity contribution is -0.119. The number of hydrogen-bond acceptors (Lipinski definition) is 4. The van der Waals surface area contributed by atoms with Crippen LogP contribution in [0.1, 0.15) is 32.9 Å². The van der Waals surface area contributed by atoms with Gasteiger partial charge in [-0.2, -0.15) is 5.26 Å². The van der Waals surface area contributed by atoms with Gasteiger partial charge in [0.2, 0.25) is 0 Å². The van der Waals surface area contributed by atoms with E-state index >= 15 is 0 Å². The second-order valence-electron chi connectivity index (χ2n) is 6.64. The summed E-state index contributed by atoms with van der Waals surface area (Å²) in [5, 5.41) is 11.7. The van der Waals surface area contributed by atoms with Crippen molar-refractivity contribution in [3.8, 4) is 6.07 Å². The predicted molar refractivity (Wildman–Crippen MR) is 110 cm³/mol. The molecule has 3 rings (SSSR count). The van der Waals surface area contributed by atoms with Crippen LogP contribution in [0.15, 0.2) is 60.7 Å². The van der Waals surface area contributed by atoms with Crippen LogP contribution in [0.25, 0.3) is 0 Å².